The van der Waals surface area contributed by atoms with Crippen LogP contribution in [0.2, 0.25) is 0 Å². The van der Waals surface area contributed by atoms with Crippen molar-refractivity contribution >= 4 is 39.5 Å². The van der Waals surface area contributed by atoms with Crippen LogP contribution in [0.4, 0.5) is 5.82 Å². The Labute approximate surface area is 116 Å². The average molecular weight is 328 g/mol. The second-order valence-electron chi connectivity index (χ2n) is 4.14. The van der Waals surface area contributed by atoms with Gasteiger partial charge in [0.05, 0.1) is 16.0 Å². The van der Waals surface area contributed by atoms with Crippen molar-refractivity contribution in [2.24, 2.45) is 11.7 Å². The number of halogens is 1. The first-order valence-electron chi connectivity index (χ1n) is 5.38. The number of aromatic nitrogens is 1. The maximum absolute atomic E-state index is 11.8. The zero-order chi connectivity index (χ0) is 14.2. The summed E-state index contributed by atoms with van der Waals surface area (Å²) < 4.78 is 0.380. The molecule has 0 aromatic carbocycles. The van der Waals surface area contributed by atoms with Gasteiger partial charge < -0.3 is 10.8 Å². The first-order valence-corrected chi connectivity index (χ1v) is 6.18. The standard InChI is InChI=1S/C11H10BrN3O4/c12-7-1-5(11(18)19)3-14-10(7)15-4-6(9(13)17)2-8(15)16/h1,3,6H,2,4H2,(H2,13,17)(H,18,19). The fourth-order valence-corrected chi connectivity index (χ4v) is 2.41. The maximum Gasteiger partial charge on any atom is 0.337 e. The minimum Gasteiger partial charge on any atom is -0.478 e. The lowest BCUT2D eigenvalue weighted by atomic mass is 10.1. The monoisotopic (exact) mass is 327 g/mol. The number of carbonyl (C=O) groups is 3. The smallest absolute Gasteiger partial charge is 0.337 e. The molecule has 19 heavy (non-hydrogen) atoms. The molecule has 8 heteroatoms. The van der Waals surface area contributed by atoms with Crippen LogP contribution in [0.15, 0.2) is 16.7 Å². The second-order valence-corrected chi connectivity index (χ2v) is 5.00. The third kappa shape index (κ3) is 2.58. The second kappa shape index (κ2) is 4.96. The van der Waals surface area contributed by atoms with E-state index in [1.54, 1.807) is 0 Å². The highest BCUT2D eigenvalue weighted by atomic mass is 79.9. The van der Waals surface area contributed by atoms with E-state index in [0.717, 1.165) is 6.20 Å². The topological polar surface area (TPSA) is 114 Å². The number of carbonyl (C=O) groups excluding carboxylic acids is 2. The molecule has 1 saturated heterocycles. The molecule has 1 unspecified atom stereocenters. The number of hydrogen-bond acceptors (Lipinski definition) is 4. The van der Waals surface area contributed by atoms with Crippen LogP contribution in [0, 0.1) is 5.92 Å². The fourth-order valence-electron chi connectivity index (χ4n) is 1.85. The van der Waals surface area contributed by atoms with E-state index in [1.807, 2.05) is 0 Å². The first-order chi connectivity index (χ1) is 8.90. The molecule has 0 radical (unpaired) electrons. The van der Waals surface area contributed by atoms with Gasteiger partial charge in [-0.15, -0.1) is 0 Å². The summed E-state index contributed by atoms with van der Waals surface area (Å²) in [6, 6.07) is 1.36. The molecule has 1 aromatic rings. The van der Waals surface area contributed by atoms with Gasteiger partial charge in [-0.1, -0.05) is 0 Å². The lowest BCUT2D eigenvalue weighted by Gasteiger charge is -2.16. The van der Waals surface area contributed by atoms with E-state index in [2.05, 4.69) is 20.9 Å². The number of nitrogens with two attached hydrogens (primary N) is 1. The molecule has 0 spiro atoms. The lowest BCUT2D eigenvalue weighted by molar-refractivity contribution is -0.123. The third-order valence-electron chi connectivity index (χ3n) is 2.85. The molecule has 1 aliphatic rings. The number of hydrogen-bond donors (Lipinski definition) is 2. The Morgan fingerprint density at radius 2 is 2.21 bits per heavy atom. The van der Waals surface area contributed by atoms with Crippen molar-refractivity contribution in [3.8, 4) is 0 Å². The van der Waals surface area contributed by atoms with Crippen LogP contribution in [0.5, 0.6) is 0 Å². The van der Waals surface area contributed by atoms with Gasteiger partial charge in [0.15, 0.2) is 0 Å². The number of aromatic carboxylic acids is 1. The van der Waals surface area contributed by atoms with Crippen molar-refractivity contribution in [1.82, 2.24) is 4.98 Å². The van der Waals surface area contributed by atoms with Crippen LogP contribution < -0.4 is 10.6 Å². The minimum absolute atomic E-state index is 0.00808. The van der Waals surface area contributed by atoms with Gasteiger partial charge in [0.1, 0.15) is 5.82 Å². The molecular weight excluding hydrogens is 318 g/mol. The van der Waals surface area contributed by atoms with Gasteiger partial charge in [-0.25, -0.2) is 9.78 Å². The Kier molecular flexibility index (Phi) is 3.52. The van der Waals surface area contributed by atoms with Gasteiger partial charge >= 0.3 is 5.97 Å². The van der Waals surface area contributed by atoms with E-state index in [4.69, 9.17) is 10.8 Å². The molecule has 1 atom stereocenters. The molecule has 0 aliphatic carbocycles. The molecule has 100 valence electrons. The van der Waals surface area contributed by atoms with Crippen molar-refractivity contribution in [3.63, 3.8) is 0 Å². The van der Waals surface area contributed by atoms with E-state index in [9.17, 15) is 14.4 Å². The van der Waals surface area contributed by atoms with E-state index < -0.39 is 17.8 Å². The SMILES string of the molecule is NC(=O)C1CC(=O)N(c2ncc(C(=O)O)cc2Br)C1. The highest BCUT2D eigenvalue weighted by molar-refractivity contribution is 9.10. The number of primary amides is 1. The number of carboxylic acids is 1. The zero-order valence-electron chi connectivity index (χ0n) is 9.67. The molecule has 0 saturated carbocycles. The van der Waals surface area contributed by atoms with Gasteiger partial charge in [-0.05, 0) is 22.0 Å². The van der Waals surface area contributed by atoms with Crippen molar-refractivity contribution in [2.45, 2.75) is 6.42 Å². The molecule has 2 amide bonds. The summed E-state index contributed by atoms with van der Waals surface area (Å²) in [5, 5.41) is 8.83. The van der Waals surface area contributed by atoms with Crippen LogP contribution in [0.3, 0.4) is 0 Å². The first kappa shape index (κ1) is 13.5. The summed E-state index contributed by atoms with van der Waals surface area (Å²) in [6.07, 6.45) is 1.21. The van der Waals surface area contributed by atoms with E-state index in [-0.39, 0.29) is 24.4 Å². The van der Waals surface area contributed by atoms with E-state index in [0.29, 0.717) is 10.3 Å². The molecule has 2 heterocycles. The summed E-state index contributed by atoms with van der Waals surface area (Å²) in [6.45, 7) is 0.159. The van der Waals surface area contributed by atoms with Gasteiger partial charge in [-0.2, -0.15) is 0 Å². The predicted molar refractivity (Wildman–Crippen MR) is 68.6 cm³/mol. The van der Waals surface area contributed by atoms with Gasteiger partial charge in [0, 0.05) is 19.2 Å². The minimum atomic E-state index is -1.11. The van der Waals surface area contributed by atoms with E-state index in [1.165, 1.54) is 11.0 Å². The normalized spacial score (nSPS) is 18.7. The lowest BCUT2D eigenvalue weighted by Crippen LogP contribution is -2.29. The molecule has 0 bridgehead atoms. The Morgan fingerprint density at radius 3 is 2.68 bits per heavy atom. The van der Waals surface area contributed by atoms with Gasteiger partial charge in [0.25, 0.3) is 0 Å². The molecule has 3 N–H and O–H groups in total. The van der Waals surface area contributed by atoms with Gasteiger partial charge in [0.2, 0.25) is 11.8 Å². The van der Waals surface area contributed by atoms with Crippen LogP contribution in [-0.2, 0) is 9.59 Å². The van der Waals surface area contributed by atoms with Crippen molar-refractivity contribution in [1.29, 1.82) is 0 Å². The highest BCUT2D eigenvalue weighted by Gasteiger charge is 2.35. The van der Waals surface area contributed by atoms with Crippen molar-refractivity contribution < 1.29 is 19.5 Å². The summed E-state index contributed by atoms with van der Waals surface area (Å²) in [5.41, 5.74) is 5.18. The number of nitrogens with zero attached hydrogens (tertiary/aromatic N) is 2. The fraction of sp³-hybridized carbons (Fsp3) is 0.273. The largest absolute Gasteiger partial charge is 0.478 e. The molecular formula is C11H10BrN3O4. The van der Waals surface area contributed by atoms with Crippen LogP contribution in [0.25, 0.3) is 0 Å². The Bertz CT molecular complexity index is 575. The molecule has 2 rings (SSSR count). The zero-order valence-corrected chi connectivity index (χ0v) is 11.3. The third-order valence-corrected chi connectivity index (χ3v) is 3.44. The van der Waals surface area contributed by atoms with Crippen LogP contribution in [-0.4, -0.2) is 34.4 Å². The van der Waals surface area contributed by atoms with E-state index >= 15 is 0 Å². The predicted octanol–water partition coefficient (Wildman–Crippen LogP) is 0.380. The number of pyridine rings is 1. The molecule has 7 nitrogen and oxygen atoms in total. The summed E-state index contributed by atoms with van der Waals surface area (Å²) in [4.78, 5) is 39.0. The molecule has 1 aromatic heterocycles. The summed E-state index contributed by atoms with van der Waals surface area (Å²) in [7, 11) is 0. The Balaban J connectivity index is 2.30. The number of anilines is 1. The average Bonchev–Trinajstić information content (AvgIpc) is 2.71. The summed E-state index contributed by atoms with van der Waals surface area (Å²) >= 11 is 3.17. The van der Waals surface area contributed by atoms with Crippen LogP contribution >= 0.6 is 15.9 Å². The van der Waals surface area contributed by atoms with Crippen molar-refractivity contribution in [2.75, 3.05) is 11.4 Å². The quantitative estimate of drug-likeness (QED) is 0.833. The molecule has 1 fully saturated rings. The number of amides is 2. The Morgan fingerprint density at radius 1 is 1.53 bits per heavy atom. The van der Waals surface area contributed by atoms with Crippen LogP contribution in [0.1, 0.15) is 16.8 Å². The number of carboxylic acid groups (broad SMARTS) is 1. The van der Waals surface area contributed by atoms with Gasteiger partial charge in [-0.3, -0.25) is 14.5 Å². The number of rotatable bonds is 3. The maximum atomic E-state index is 11.8. The highest BCUT2D eigenvalue weighted by Crippen LogP contribution is 2.30. The Hall–Kier alpha value is -1.96. The molecule has 1 aliphatic heterocycles. The summed E-state index contributed by atoms with van der Waals surface area (Å²) in [5.74, 6) is -2.16. The van der Waals surface area contributed by atoms with Crippen molar-refractivity contribution in [3.05, 3.63) is 22.3 Å².